The molecular weight excluding hydrogens is 266 g/mol. The molecule has 0 aliphatic rings. The summed E-state index contributed by atoms with van der Waals surface area (Å²) in [7, 11) is 0. The maximum Gasteiger partial charge on any atom is 0.0629 e. The molecule has 1 unspecified atom stereocenters. The molecule has 0 radical (unpaired) electrons. The number of nitrogens with one attached hydrogen (secondary N) is 1. The fourth-order valence-corrected chi connectivity index (χ4v) is 3.26. The Morgan fingerprint density at radius 3 is 2.70 bits per heavy atom. The Labute approximate surface area is 126 Å². The Hall–Kier alpha value is -0.900. The van der Waals surface area contributed by atoms with Gasteiger partial charge < -0.3 is 10.1 Å². The molecule has 1 atom stereocenters. The summed E-state index contributed by atoms with van der Waals surface area (Å²) >= 11 is 1.83. The van der Waals surface area contributed by atoms with Crippen LogP contribution in [0.4, 0.5) is 0 Å². The van der Waals surface area contributed by atoms with Crippen molar-refractivity contribution in [1.29, 1.82) is 0 Å². The van der Waals surface area contributed by atoms with Crippen LogP contribution in [-0.2, 0) is 11.2 Å². The minimum atomic E-state index is -0.0790. The standard InChI is InChI=1S/C17H25NOS/c1-5-18-14(11-19-17(2,3)4)10-13-12-20-16-9-7-6-8-15(13)16/h6-9,12,14,18H,5,10-11H2,1-4H3. The smallest absolute Gasteiger partial charge is 0.0629 e. The van der Waals surface area contributed by atoms with Crippen LogP contribution in [0, 0.1) is 0 Å². The van der Waals surface area contributed by atoms with Gasteiger partial charge >= 0.3 is 0 Å². The van der Waals surface area contributed by atoms with Crippen molar-refractivity contribution in [3.63, 3.8) is 0 Å². The van der Waals surface area contributed by atoms with E-state index >= 15 is 0 Å². The molecule has 0 aliphatic carbocycles. The van der Waals surface area contributed by atoms with E-state index in [0.717, 1.165) is 19.6 Å². The zero-order chi connectivity index (χ0) is 14.6. The first-order valence-electron chi connectivity index (χ1n) is 7.32. The van der Waals surface area contributed by atoms with Gasteiger partial charge in [0, 0.05) is 10.7 Å². The van der Waals surface area contributed by atoms with E-state index in [1.54, 1.807) is 0 Å². The Kier molecular flexibility index (Phi) is 5.19. The Morgan fingerprint density at radius 1 is 1.25 bits per heavy atom. The highest BCUT2D eigenvalue weighted by atomic mass is 32.1. The highest BCUT2D eigenvalue weighted by Crippen LogP contribution is 2.26. The van der Waals surface area contributed by atoms with Crippen LogP contribution >= 0.6 is 11.3 Å². The predicted octanol–water partition coefficient (Wildman–Crippen LogP) is 4.24. The summed E-state index contributed by atoms with van der Waals surface area (Å²) < 4.78 is 7.32. The van der Waals surface area contributed by atoms with Gasteiger partial charge in [-0.2, -0.15) is 0 Å². The van der Waals surface area contributed by atoms with Crippen LogP contribution in [0.15, 0.2) is 29.6 Å². The number of fused-ring (bicyclic) bond motifs is 1. The van der Waals surface area contributed by atoms with Crippen LogP contribution in [0.1, 0.15) is 33.3 Å². The lowest BCUT2D eigenvalue weighted by molar-refractivity contribution is -0.0141. The normalized spacial score (nSPS) is 13.8. The lowest BCUT2D eigenvalue weighted by atomic mass is 10.1. The molecule has 1 heterocycles. The van der Waals surface area contributed by atoms with Crippen molar-refractivity contribution < 1.29 is 4.74 Å². The monoisotopic (exact) mass is 291 g/mol. The molecule has 0 fully saturated rings. The molecule has 0 aliphatic heterocycles. The highest BCUT2D eigenvalue weighted by Gasteiger charge is 2.16. The number of rotatable bonds is 6. The molecule has 0 saturated heterocycles. The molecule has 2 nitrogen and oxygen atoms in total. The number of hydrogen-bond acceptors (Lipinski definition) is 3. The van der Waals surface area contributed by atoms with Crippen molar-refractivity contribution in [3.05, 3.63) is 35.2 Å². The largest absolute Gasteiger partial charge is 0.374 e. The van der Waals surface area contributed by atoms with Crippen LogP contribution in [0.3, 0.4) is 0 Å². The zero-order valence-corrected chi connectivity index (χ0v) is 13.7. The van der Waals surface area contributed by atoms with Gasteiger partial charge in [-0.3, -0.25) is 0 Å². The van der Waals surface area contributed by atoms with Crippen molar-refractivity contribution in [2.75, 3.05) is 13.2 Å². The molecule has 1 N–H and O–H groups in total. The van der Waals surface area contributed by atoms with Crippen LogP contribution in [0.2, 0.25) is 0 Å². The molecule has 1 aromatic carbocycles. The molecule has 0 saturated carbocycles. The van der Waals surface area contributed by atoms with E-state index in [9.17, 15) is 0 Å². The van der Waals surface area contributed by atoms with Crippen molar-refractivity contribution >= 4 is 21.4 Å². The summed E-state index contributed by atoms with van der Waals surface area (Å²) in [5.41, 5.74) is 1.35. The van der Waals surface area contributed by atoms with Gasteiger partial charge in [0.15, 0.2) is 0 Å². The summed E-state index contributed by atoms with van der Waals surface area (Å²) in [6.45, 7) is 10.2. The third-order valence-electron chi connectivity index (χ3n) is 3.24. The summed E-state index contributed by atoms with van der Waals surface area (Å²) in [5, 5.41) is 7.21. The van der Waals surface area contributed by atoms with Crippen LogP contribution in [0.25, 0.3) is 10.1 Å². The molecule has 2 aromatic rings. The zero-order valence-electron chi connectivity index (χ0n) is 12.9. The fourth-order valence-electron chi connectivity index (χ4n) is 2.29. The number of hydrogen-bond donors (Lipinski definition) is 1. The predicted molar refractivity (Wildman–Crippen MR) is 88.7 cm³/mol. The average molecular weight is 291 g/mol. The Balaban J connectivity index is 2.07. The first kappa shape index (κ1) is 15.5. The van der Waals surface area contributed by atoms with Gasteiger partial charge in [-0.05, 0) is 56.1 Å². The van der Waals surface area contributed by atoms with Gasteiger partial charge in [-0.25, -0.2) is 0 Å². The van der Waals surface area contributed by atoms with E-state index in [-0.39, 0.29) is 5.60 Å². The molecule has 0 amide bonds. The Morgan fingerprint density at radius 2 is 2.00 bits per heavy atom. The van der Waals surface area contributed by atoms with E-state index in [0.29, 0.717) is 6.04 Å². The first-order valence-corrected chi connectivity index (χ1v) is 8.20. The average Bonchev–Trinajstić information content (AvgIpc) is 2.79. The number of likely N-dealkylation sites (N-methyl/N-ethyl adjacent to an activating group) is 1. The third-order valence-corrected chi connectivity index (χ3v) is 4.25. The van der Waals surface area contributed by atoms with E-state index < -0.39 is 0 Å². The maximum absolute atomic E-state index is 5.95. The van der Waals surface area contributed by atoms with Crippen LogP contribution < -0.4 is 5.32 Å². The molecule has 20 heavy (non-hydrogen) atoms. The minimum absolute atomic E-state index is 0.0790. The van der Waals surface area contributed by atoms with Crippen molar-refractivity contribution in [3.8, 4) is 0 Å². The van der Waals surface area contributed by atoms with E-state index in [1.165, 1.54) is 15.6 Å². The minimum Gasteiger partial charge on any atom is -0.374 e. The fraction of sp³-hybridized carbons (Fsp3) is 0.529. The molecule has 110 valence electrons. The van der Waals surface area contributed by atoms with Crippen molar-refractivity contribution in [2.24, 2.45) is 0 Å². The van der Waals surface area contributed by atoms with Crippen LogP contribution in [-0.4, -0.2) is 24.8 Å². The molecule has 0 spiro atoms. The maximum atomic E-state index is 5.95. The van der Waals surface area contributed by atoms with E-state index in [1.807, 2.05) is 11.3 Å². The number of thiophene rings is 1. The summed E-state index contributed by atoms with van der Waals surface area (Å²) in [5.74, 6) is 0. The van der Waals surface area contributed by atoms with Crippen molar-refractivity contribution in [1.82, 2.24) is 5.32 Å². The highest BCUT2D eigenvalue weighted by molar-refractivity contribution is 7.17. The van der Waals surface area contributed by atoms with Gasteiger partial charge in [-0.1, -0.05) is 25.1 Å². The molecule has 3 heteroatoms. The Bertz CT molecular complexity index is 541. The van der Waals surface area contributed by atoms with Gasteiger partial charge in [0.05, 0.1) is 12.2 Å². The lowest BCUT2D eigenvalue weighted by Gasteiger charge is -2.25. The first-order chi connectivity index (χ1) is 9.49. The lowest BCUT2D eigenvalue weighted by Crippen LogP contribution is -2.38. The third kappa shape index (κ3) is 4.30. The van der Waals surface area contributed by atoms with Gasteiger partial charge in [0.1, 0.15) is 0 Å². The SMILES string of the molecule is CCNC(COC(C)(C)C)Cc1csc2ccccc12. The summed E-state index contributed by atoms with van der Waals surface area (Å²) in [4.78, 5) is 0. The van der Waals surface area contributed by atoms with Crippen molar-refractivity contribution in [2.45, 2.75) is 45.8 Å². The quantitative estimate of drug-likeness (QED) is 0.859. The van der Waals surface area contributed by atoms with Gasteiger partial charge in [-0.15, -0.1) is 11.3 Å². The van der Waals surface area contributed by atoms with E-state index in [2.05, 4.69) is 62.7 Å². The van der Waals surface area contributed by atoms with E-state index in [4.69, 9.17) is 4.74 Å². The van der Waals surface area contributed by atoms with Crippen LogP contribution in [0.5, 0.6) is 0 Å². The number of benzene rings is 1. The second-order valence-corrected chi connectivity index (χ2v) is 7.05. The topological polar surface area (TPSA) is 21.3 Å². The van der Waals surface area contributed by atoms with Gasteiger partial charge in [0.25, 0.3) is 0 Å². The second kappa shape index (κ2) is 6.70. The molecule has 2 rings (SSSR count). The second-order valence-electron chi connectivity index (χ2n) is 6.14. The number of ether oxygens (including phenoxy) is 1. The van der Waals surface area contributed by atoms with Gasteiger partial charge in [0.2, 0.25) is 0 Å². The molecular formula is C17H25NOS. The summed E-state index contributed by atoms with van der Waals surface area (Å²) in [6.07, 6.45) is 1.02. The summed E-state index contributed by atoms with van der Waals surface area (Å²) in [6, 6.07) is 9.00. The molecule has 1 aromatic heterocycles. The molecule has 0 bridgehead atoms.